The van der Waals surface area contributed by atoms with Crippen molar-refractivity contribution < 1.29 is 13.2 Å². The Kier molecular flexibility index (Phi) is 4.32. The standard InChI is InChI=1S/C24H16F3N3/c25-24(26,27)20-12-10-17(11-13-20)21-14-22(18-8-9-18)30-23(29-21)19(15-28-30)7-6-16-4-2-1-3-5-16/h1-5,10-15,18H,8-9H2. The first-order chi connectivity index (χ1) is 14.5. The first kappa shape index (κ1) is 18.4. The van der Waals surface area contributed by atoms with Gasteiger partial charge in [0, 0.05) is 22.7 Å². The van der Waals surface area contributed by atoms with Gasteiger partial charge in [0.1, 0.15) is 0 Å². The van der Waals surface area contributed by atoms with Crippen LogP contribution >= 0.6 is 0 Å². The second-order valence-corrected chi connectivity index (χ2v) is 7.33. The second-order valence-electron chi connectivity index (χ2n) is 7.33. The van der Waals surface area contributed by atoms with E-state index in [1.807, 2.05) is 36.4 Å². The van der Waals surface area contributed by atoms with Gasteiger partial charge in [0.25, 0.3) is 0 Å². The number of benzene rings is 2. The van der Waals surface area contributed by atoms with Crippen molar-refractivity contribution >= 4 is 5.65 Å². The Balaban J connectivity index is 1.61. The predicted octanol–water partition coefficient (Wildman–Crippen LogP) is 5.69. The summed E-state index contributed by atoms with van der Waals surface area (Å²) in [5.74, 6) is 6.64. The van der Waals surface area contributed by atoms with Crippen LogP contribution in [0.5, 0.6) is 0 Å². The van der Waals surface area contributed by atoms with E-state index >= 15 is 0 Å². The van der Waals surface area contributed by atoms with Gasteiger partial charge in [-0.1, -0.05) is 42.2 Å². The minimum Gasteiger partial charge on any atom is -0.227 e. The molecule has 1 aliphatic carbocycles. The van der Waals surface area contributed by atoms with E-state index in [9.17, 15) is 13.2 Å². The molecule has 2 aromatic carbocycles. The van der Waals surface area contributed by atoms with E-state index in [0.29, 0.717) is 28.4 Å². The van der Waals surface area contributed by atoms with Crippen molar-refractivity contribution in [1.82, 2.24) is 14.6 Å². The molecule has 1 aliphatic rings. The van der Waals surface area contributed by atoms with Crippen LogP contribution in [-0.2, 0) is 6.18 Å². The highest BCUT2D eigenvalue weighted by Crippen LogP contribution is 2.41. The summed E-state index contributed by atoms with van der Waals surface area (Å²) in [7, 11) is 0. The average Bonchev–Trinajstić information content (AvgIpc) is 3.52. The van der Waals surface area contributed by atoms with E-state index < -0.39 is 11.7 Å². The lowest BCUT2D eigenvalue weighted by Gasteiger charge is -2.10. The molecule has 4 aromatic rings. The topological polar surface area (TPSA) is 30.2 Å². The summed E-state index contributed by atoms with van der Waals surface area (Å²) in [6.07, 6.45) is -0.533. The number of aromatic nitrogens is 3. The third kappa shape index (κ3) is 3.55. The van der Waals surface area contributed by atoms with E-state index in [-0.39, 0.29) is 0 Å². The van der Waals surface area contributed by atoms with E-state index in [0.717, 1.165) is 36.2 Å². The van der Waals surface area contributed by atoms with Gasteiger partial charge in [-0.2, -0.15) is 18.3 Å². The van der Waals surface area contributed by atoms with Gasteiger partial charge in [0.15, 0.2) is 5.65 Å². The first-order valence-corrected chi connectivity index (χ1v) is 9.62. The zero-order valence-electron chi connectivity index (χ0n) is 15.8. The van der Waals surface area contributed by atoms with E-state index in [1.54, 1.807) is 10.7 Å². The van der Waals surface area contributed by atoms with Crippen LogP contribution in [0.25, 0.3) is 16.9 Å². The van der Waals surface area contributed by atoms with E-state index in [2.05, 4.69) is 16.9 Å². The molecule has 0 spiro atoms. The Bertz CT molecular complexity index is 1270. The summed E-state index contributed by atoms with van der Waals surface area (Å²) in [6.45, 7) is 0. The molecule has 1 saturated carbocycles. The Morgan fingerprint density at radius 1 is 0.933 bits per heavy atom. The number of alkyl halides is 3. The molecule has 6 heteroatoms. The summed E-state index contributed by atoms with van der Waals surface area (Å²) in [5, 5.41) is 4.48. The maximum atomic E-state index is 12.9. The molecule has 0 amide bonds. The third-order valence-corrected chi connectivity index (χ3v) is 5.12. The molecule has 0 unspecified atom stereocenters. The summed E-state index contributed by atoms with van der Waals surface area (Å²) >= 11 is 0. The van der Waals surface area contributed by atoms with Crippen molar-refractivity contribution in [2.75, 3.05) is 0 Å². The Morgan fingerprint density at radius 2 is 1.67 bits per heavy atom. The minimum atomic E-state index is -4.36. The number of fused-ring (bicyclic) bond motifs is 1. The fourth-order valence-electron chi connectivity index (χ4n) is 3.38. The molecule has 5 rings (SSSR count). The molecular weight excluding hydrogens is 387 g/mol. The van der Waals surface area contributed by atoms with E-state index in [1.165, 1.54) is 12.1 Å². The van der Waals surface area contributed by atoms with Crippen molar-refractivity contribution in [2.45, 2.75) is 24.9 Å². The zero-order valence-corrected chi connectivity index (χ0v) is 15.8. The van der Waals surface area contributed by atoms with Crippen LogP contribution in [0.3, 0.4) is 0 Å². The minimum absolute atomic E-state index is 0.388. The quantitative estimate of drug-likeness (QED) is 0.403. The van der Waals surface area contributed by atoms with Gasteiger partial charge in [-0.05, 0) is 43.2 Å². The molecule has 2 heterocycles. The SMILES string of the molecule is FC(F)(F)c1ccc(-c2cc(C3CC3)n3ncc(C#Cc4ccccc4)c3n2)cc1. The zero-order chi connectivity index (χ0) is 20.7. The highest BCUT2D eigenvalue weighted by Gasteiger charge is 2.31. The van der Waals surface area contributed by atoms with Gasteiger partial charge in [-0.3, -0.25) is 0 Å². The number of hydrogen-bond acceptors (Lipinski definition) is 2. The molecule has 30 heavy (non-hydrogen) atoms. The van der Waals surface area contributed by atoms with Gasteiger partial charge >= 0.3 is 6.18 Å². The molecule has 148 valence electrons. The normalized spacial score (nSPS) is 13.8. The smallest absolute Gasteiger partial charge is 0.227 e. The van der Waals surface area contributed by atoms with Crippen molar-refractivity contribution in [3.8, 4) is 23.1 Å². The van der Waals surface area contributed by atoms with Gasteiger partial charge in [-0.15, -0.1) is 0 Å². The molecule has 0 bridgehead atoms. The third-order valence-electron chi connectivity index (χ3n) is 5.12. The van der Waals surface area contributed by atoms with E-state index in [4.69, 9.17) is 4.98 Å². The molecular formula is C24H16F3N3. The first-order valence-electron chi connectivity index (χ1n) is 9.62. The molecule has 3 nitrogen and oxygen atoms in total. The van der Waals surface area contributed by atoms with Gasteiger partial charge in [0.2, 0.25) is 0 Å². The maximum Gasteiger partial charge on any atom is 0.416 e. The lowest BCUT2D eigenvalue weighted by Crippen LogP contribution is -2.04. The fourth-order valence-corrected chi connectivity index (χ4v) is 3.38. The Hall–Kier alpha value is -3.59. The Morgan fingerprint density at radius 3 is 2.33 bits per heavy atom. The predicted molar refractivity (Wildman–Crippen MR) is 108 cm³/mol. The van der Waals surface area contributed by atoms with Crippen LogP contribution in [0.15, 0.2) is 66.9 Å². The summed E-state index contributed by atoms with van der Waals surface area (Å²) in [5.41, 5.74) is 3.80. The van der Waals surface area contributed by atoms with Gasteiger partial charge in [-0.25, -0.2) is 9.50 Å². The van der Waals surface area contributed by atoms with Crippen molar-refractivity contribution in [3.05, 3.63) is 89.2 Å². The van der Waals surface area contributed by atoms with Crippen molar-refractivity contribution in [2.24, 2.45) is 0 Å². The Labute approximate surface area is 171 Å². The summed E-state index contributed by atoms with van der Waals surface area (Å²) in [4.78, 5) is 4.70. The maximum absolute atomic E-state index is 12.9. The van der Waals surface area contributed by atoms with Crippen LogP contribution in [0.1, 0.15) is 41.1 Å². The fraction of sp³-hybridized carbons (Fsp3) is 0.167. The van der Waals surface area contributed by atoms with Gasteiger partial charge < -0.3 is 0 Å². The van der Waals surface area contributed by atoms with Crippen LogP contribution < -0.4 is 0 Å². The molecule has 1 fully saturated rings. The van der Waals surface area contributed by atoms with Crippen LogP contribution in [0.2, 0.25) is 0 Å². The monoisotopic (exact) mass is 403 g/mol. The summed E-state index contributed by atoms with van der Waals surface area (Å²) < 4.78 is 40.5. The van der Waals surface area contributed by atoms with Crippen LogP contribution in [-0.4, -0.2) is 14.6 Å². The van der Waals surface area contributed by atoms with Crippen molar-refractivity contribution in [3.63, 3.8) is 0 Å². The van der Waals surface area contributed by atoms with Crippen LogP contribution in [0, 0.1) is 11.8 Å². The molecule has 0 saturated heterocycles. The molecule has 0 N–H and O–H groups in total. The molecule has 2 aromatic heterocycles. The van der Waals surface area contributed by atoms with Gasteiger partial charge in [0.05, 0.1) is 23.0 Å². The molecule has 0 atom stereocenters. The largest absolute Gasteiger partial charge is 0.416 e. The highest BCUT2D eigenvalue weighted by molar-refractivity contribution is 5.67. The summed E-state index contributed by atoms with van der Waals surface area (Å²) in [6, 6.07) is 16.7. The number of halogens is 3. The van der Waals surface area contributed by atoms with Crippen molar-refractivity contribution in [1.29, 1.82) is 0 Å². The number of hydrogen-bond donors (Lipinski definition) is 0. The number of nitrogens with zero attached hydrogens (tertiary/aromatic N) is 3. The highest BCUT2D eigenvalue weighted by atomic mass is 19.4. The lowest BCUT2D eigenvalue weighted by atomic mass is 10.1. The molecule has 0 radical (unpaired) electrons. The molecule has 0 aliphatic heterocycles. The lowest BCUT2D eigenvalue weighted by molar-refractivity contribution is -0.137. The number of rotatable bonds is 2. The second kappa shape index (κ2) is 7.03. The average molecular weight is 403 g/mol. The van der Waals surface area contributed by atoms with Crippen LogP contribution in [0.4, 0.5) is 13.2 Å².